The van der Waals surface area contributed by atoms with Crippen molar-refractivity contribution in [3.8, 4) is 0 Å². The monoisotopic (exact) mass is 332 g/mol. The molecule has 0 saturated carbocycles. The van der Waals surface area contributed by atoms with Crippen LogP contribution in [0.25, 0.3) is 11.0 Å². The molecule has 8 heteroatoms. The molecule has 0 aromatic carbocycles. The first-order valence-corrected chi connectivity index (χ1v) is 8.23. The number of anilines is 1. The molecule has 0 unspecified atom stereocenters. The van der Waals surface area contributed by atoms with Crippen LogP contribution in [0.2, 0.25) is 0 Å². The van der Waals surface area contributed by atoms with Gasteiger partial charge in [0.05, 0.1) is 31.3 Å². The Bertz CT molecular complexity index is 715. The van der Waals surface area contributed by atoms with Gasteiger partial charge in [-0.2, -0.15) is 5.10 Å². The SMILES string of the molecule is CC(C)(C)C(=O)Nc1ncnc2c1cnn2CCN1CCOCC1. The molecule has 8 nitrogen and oxygen atoms in total. The number of hydrogen-bond acceptors (Lipinski definition) is 6. The van der Waals surface area contributed by atoms with Crippen molar-refractivity contribution in [3.05, 3.63) is 12.5 Å². The lowest BCUT2D eigenvalue weighted by molar-refractivity contribution is -0.123. The van der Waals surface area contributed by atoms with Crippen molar-refractivity contribution in [1.29, 1.82) is 0 Å². The van der Waals surface area contributed by atoms with Gasteiger partial charge in [0, 0.05) is 25.0 Å². The Morgan fingerprint density at radius 1 is 1.25 bits per heavy atom. The molecule has 2 aromatic rings. The third-order valence-electron chi connectivity index (χ3n) is 4.08. The normalized spacial score (nSPS) is 16.5. The van der Waals surface area contributed by atoms with Crippen LogP contribution in [0.15, 0.2) is 12.5 Å². The predicted octanol–water partition coefficient (Wildman–Crippen LogP) is 1.14. The number of amides is 1. The van der Waals surface area contributed by atoms with Crippen LogP contribution >= 0.6 is 0 Å². The summed E-state index contributed by atoms with van der Waals surface area (Å²) >= 11 is 0. The Morgan fingerprint density at radius 3 is 2.71 bits per heavy atom. The molecule has 1 fully saturated rings. The van der Waals surface area contributed by atoms with Gasteiger partial charge in [-0.25, -0.2) is 14.6 Å². The van der Waals surface area contributed by atoms with Crippen LogP contribution in [0.5, 0.6) is 0 Å². The van der Waals surface area contributed by atoms with Crippen molar-refractivity contribution in [2.45, 2.75) is 27.3 Å². The van der Waals surface area contributed by atoms with E-state index in [1.165, 1.54) is 6.33 Å². The zero-order chi connectivity index (χ0) is 17.2. The van der Waals surface area contributed by atoms with Crippen LogP contribution in [-0.4, -0.2) is 63.4 Å². The molecule has 1 amide bonds. The zero-order valence-corrected chi connectivity index (χ0v) is 14.4. The average molecular weight is 332 g/mol. The van der Waals surface area contributed by atoms with E-state index in [2.05, 4.69) is 25.3 Å². The van der Waals surface area contributed by atoms with Gasteiger partial charge < -0.3 is 10.1 Å². The first-order valence-electron chi connectivity index (χ1n) is 8.23. The Labute approximate surface area is 141 Å². The van der Waals surface area contributed by atoms with Gasteiger partial charge in [0.15, 0.2) is 5.65 Å². The standard InChI is InChI=1S/C16H24N6O2/c1-16(2,3)15(23)20-13-12-10-19-22(14(12)18-11-17-13)5-4-21-6-8-24-9-7-21/h10-11H,4-9H2,1-3H3,(H,17,18,20,23). The largest absolute Gasteiger partial charge is 0.379 e. The summed E-state index contributed by atoms with van der Waals surface area (Å²) in [5.41, 5.74) is 0.256. The lowest BCUT2D eigenvalue weighted by Crippen LogP contribution is -2.38. The number of morpholine rings is 1. The van der Waals surface area contributed by atoms with E-state index < -0.39 is 5.41 Å². The lowest BCUT2D eigenvalue weighted by atomic mass is 9.96. The van der Waals surface area contributed by atoms with Crippen molar-refractivity contribution < 1.29 is 9.53 Å². The van der Waals surface area contributed by atoms with E-state index in [0.29, 0.717) is 5.82 Å². The number of carbonyl (C=O) groups is 1. The van der Waals surface area contributed by atoms with Gasteiger partial charge in [-0.15, -0.1) is 0 Å². The van der Waals surface area contributed by atoms with Gasteiger partial charge in [0.2, 0.25) is 5.91 Å². The van der Waals surface area contributed by atoms with Crippen LogP contribution in [0.1, 0.15) is 20.8 Å². The Kier molecular flexibility index (Phi) is 4.77. The summed E-state index contributed by atoms with van der Waals surface area (Å²) in [6, 6.07) is 0. The summed E-state index contributed by atoms with van der Waals surface area (Å²) < 4.78 is 7.22. The number of hydrogen-bond donors (Lipinski definition) is 1. The fourth-order valence-corrected chi connectivity index (χ4v) is 2.51. The van der Waals surface area contributed by atoms with E-state index in [4.69, 9.17) is 4.74 Å². The molecule has 3 rings (SSSR count). The number of ether oxygens (including phenoxy) is 1. The van der Waals surface area contributed by atoms with Gasteiger partial charge in [-0.3, -0.25) is 9.69 Å². The van der Waals surface area contributed by atoms with Crippen LogP contribution in [0.4, 0.5) is 5.82 Å². The molecular formula is C16H24N6O2. The molecular weight excluding hydrogens is 308 g/mol. The number of fused-ring (bicyclic) bond motifs is 1. The van der Waals surface area contributed by atoms with E-state index in [-0.39, 0.29) is 5.91 Å². The second-order valence-electron chi connectivity index (χ2n) is 6.99. The third kappa shape index (κ3) is 3.70. The fourth-order valence-electron chi connectivity index (χ4n) is 2.51. The molecule has 0 radical (unpaired) electrons. The average Bonchev–Trinajstić information content (AvgIpc) is 2.97. The molecule has 0 aliphatic carbocycles. The maximum Gasteiger partial charge on any atom is 0.230 e. The second-order valence-corrected chi connectivity index (χ2v) is 6.99. The summed E-state index contributed by atoms with van der Waals surface area (Å²) in [4.78, 5) is 23.1. The first kappa shape index (κ1) is 16.8. The third-order valence-corrected chi connectivity index (χ3v) is 4.08. The highest BCUT2D eigenvalue weighted by Crippen LogP contribution is 2.22. The number of carbonyl (C=O) groups excluding carboxylic acids is 1. The summed E-state index contributed by atoms with van der Waals surface area (Å²) in [5.74, 6) is 0.432. The lowest BCUT2D eigenvalue weighted by Gasteiger charge is -2.26. The van der Waals surface area contributed by atoms with Gasteiger partial charge in [-0.05, 0) is 0 Å². The van der Waals surface area contributed by atoms with Crippen LogP contribution in [0, 0.1) is 5.41 Å². The van der Waals surface area contributed by atoms with Crippen molar-refractivity contribution in [2.24, 2.45) is 5.41 Å². The molecule has 1 aliphatic rings. The van der Waals surface area contributed by atoms with Crippen LogP contribution in [0.3, 0.4) is 0 Å². The van der Waals surface area contributed by atoms with E-state index in [9.17, 15) is 4.79 Å². The molecule has 24 heavy (non-hydrogen) atoms. The zero-order valence-electron chi connectivity index (χ0n) is 14.4. The Balaban J connectivity index is 1.75. The molecule has 3 heterocycles. The number of nitrogens with zero attached hydrogens (tertiary/aromatic N) is 5. The molecule has 1 N–H and O–H groups in total. The van der Waals surface area contributed by atoms with E-state index >= 15 is 0 Å². The quantitative estimate of drug-likeness (QED) is 0.904. The van der Waals surface area contributed by atoms with Gasteiger partial charge in [0.1, 0.15) is 12.1 Å². The van der Waals surface area contributed by atoms with Gasteiger partial charge in [0.25, 0.3) is 0 Å². The first-order chi connectivity index (χ1) is 11.4. The molecule has 0 spiro atoms. The number of rotatable bonds is 4. The fraction of sp³-hybridized carbons (Fsp3) is 0.625. The van der Waals surface area contributed by atoms with Crippen LogP contribution in [-0.2, 0) is 16.1 Å². The van der Waals surface area contributed by atoms with Crippen LogP contribution < -0.4 is 5.32 Å². The summed E-state index contributed by atoms with van der Waals surface area (Å²) in [7, 11) is 0. The smallest absolute Gasteiger partial charge is 0.230 e. The van der Waals surface area contributed by atoms with Crippen molar-refractivity contribution >= 4 is 22.8 Å². The molecule has 2 aromatic heterocycles. The maximum atomic E-state index is 12.2. The summed E-state index contributed by atoms with van der Waals surface area (Å²) in [6.45, 7) is 10.7. The van der Waals surface area contributed by atoms with Gasteiger partial charge >= 0.3 is 0 Å². The van der Waals surface area contributed by atoms with E-state index in [0.717, 1.165) is 50.4 Å². The van der Waals surface area contributed by atoms with Gasteiger partial charge in [-0.1, -0.05) is 20.8 Å². The minimum Gasteiger partial charge on any atom is -0.379 e. The minimum atomic E-state index is -0.483. The summed E-state index contributed by atoms with van der Waals surface area (Å²) in [5, 5.41) is 8.05. The highest BCUT2D eigenvalue weighted by atomic mass is 16.5. The molecule has 0 bridgehead atoms. The maximum absolute atomic E-state index is 12.2. The molecule has 1 aliphatic heterocycles. The summed E-state index contributed by atoms with van der Waals surface area (Å²) in [6.07, 6.45) is 3.18. The van der Waals surface area contributed by atoms with Crippen molar-refractivity contribution in [2.75, 3.05) is 38.2 Å². The molecule has 1 saturated heterocycles. The predicted molar refractivity (Wildman–Crippen MR) is 90.7 cm³/mol. The Morgan fingerprint density at radius 2 is 2.00 bits per heavy atom. The highest BCUT2D eigenvalue weighted by molar-refractivity contribution is 6.00. The van der Waals surface area contributed by atoms with Crippen molar-refractivity contribution in [3.63, 3.8) is 0 Å². The second kappa shape index (κ2) is 6.82. The Hall–Kier alpha value is -2.06. The number of aromatic nitrogens is 4. The highest BCUT2D eigenvalue weighted by Gasteiger charge is 2.23. The topological polar surface area (TPSA) is 85.2 Å². The number of nitrogens with one attached hydrogen (secondary N) is 1. The van der Waals surface area contributed by atoms with Crippen molar-refractivity contribution in [1.82, 2.24) is 24.6 Å². The minimum absolute atomic E-state index is 0.0800. The van der Waals surface area contributed by atoms with E-state index in [1.807, 2.05) is 25.5 Å². The molecule has 0 atom stereocenters. The molecule has 130 valence electrons. The van der Waals surface area contributed by atoms with E-state index in [1.54, 1.807) is 6.20 Å².